The first-order valence-electron chi connectivity index (χ1n) is 6.05. The molecule has 0 unspecified atom stereocenters. The van der Waals surface area contributed by atoms with Crippen molar-refractivity contribution in [3.63, 3.8) is 0 Å². The van der Waals surface area contributed by atoms with Gasteiger partial charge in [-0.1, -0.05) is 48.5 Å². The van der Waals surface area contributed by atoms with Gasteiger partial charge in [-0.2, -0.15) is 0 Å². The molecule has 0 amide bonds. The molecule has 3 aromatic rings. The van der Waals surface area contributed by atoms with Crippen LogP contribution in [-0.2, 0) is 0 Å². The van der Waals surface area contributed by atoms with Crippen molar-refractivity contribution in [3.8, 4) is 11.5 Å². The van der Waals surface area contributed by atoms with Crippen molar-refractivity contribution in [1.29, 1.82) is 0 Å². The third-order valence-electron chi connectivity index (χ3n) is 3.04. The Bertz CT molecular complexity index is 686. The van der Waals surface area contributed by atoms with Gasteiger partial charge < -0.3 is 4.74 Å². The normalized spacial score (nSPS) is 10.5. The molecule has 0 aromatic heterocycles. The Morgan fingerprint density at radius 3 is 2.28 bits per heavy atom. The zero-order valence-electron chi connectivity index (χ0n) is 10.3. The van der Waals surface area contributed by atoms with Crippen LogP contribution >= 0.6 is 0 Å². The van der Waals surface area contributed by atoms with Gasteiger partial charge in [0.2, 0.25) is 0 Å². The molecule has 3 aromatic carbocycles. The third-order valence-corrected chi connectivity index (χ3v) is 3.04. The van der Waals surface area contributed by atoms with Crippen molar-refractivity contribution in [2.75, 3.05) is 0 Å². The highest BCUT2D eigenvalue weighted by molar-refractivity contribution is 5.83. The summed E-state index contributed by atoms with van der Waals surface area (Å²) < 4.78 is 5.92. The van der Waals surface area contributed by atoms with Crippen molar-refractivity contribution >= 4 is 10.8 Å². The summed E-state index contributed by atoms with van der Waals surface area (Å²) in [6.07, 6.45) is 0. The predicted molar refractivity (Wildman–Crippen MR) is 75.2 cm³/mol. The molecule has 0 saturated carbocycles. The quantitative estimate of drug-likeness (QED) is 0.610. The minimum atomic E-state index is 0.878. The summed E-state index contributed by atoms with van der Waals surface area (Å²) in [5.41, 5.74) is 1.14. The summed E-state index contributed by atoms with van der Waals surface area (Å²) in [6.45, 7) is 2.05. The van der Waals surface area contributed by atoms with Crippen LogP contribution in [0.25, 0.3) is 10.8 Å². The molecule has 0 N–H and O–H groups in total. The van der Waals surface area contributed by atoms with E-state index in [1.807, 2.05) is 36.4 Å². The van der Waals surface area contributed by atoms with E-state index in [1.165, 1.54) is 10.8 Å². The first-order valence-corrected chi connectivity index (χ1v) is 6.05. The fourth-order valence-corrected chi connectivity index (χ4v) is 2.03. The van der Waals surface area contributed by atoms with Crippen LogP contribution in [0.2, 0.25) is 0 Å². The molecule has 0 heterocycles. The van der Waals surface area contributed by atoms with E-state index >= 15 is 0 Å². The van der Waals surface area contributed by atoms with Crippen LogP contribution < -0.4 is 4.74 Å². The molecule has 0 fully saturated rings. The van der Waals surface area contributed by atoms with Gasteiger partial charge in [0.15, 0.2) is 0 Å². The predicted octanol–water partition coefficient (Wildman–Crippen LogP) is 4.94. The van der Waals surface area contributed by atoms with Crippen LogP contribution in [0.1, 0.15) is 5.56 Å². The van der Waals surface area contributed by atoms with Gasteiger partial charge in [0.05, 0.1) is 0 Å². The van der Waals surface area contributed by atoms with Crippen LogP contribution in [0, 0.1) is 6.92 Å². The topological polar surface area (TPSA) is 9.23 Å². The summed E-state index contributed by atoms with van der Waals surface area (Å²) in [6, 6.07) is 22.5. The maximum atomic E-state index is 5.92. The van der Waals surface area contributed by atoms with Crippen LogP contribution in [0.4, 0.5) is 0 Å². The number of aryl methyl sites for hydroxylation is 1. The summed E-state index contributed by atoms with van der Waals surface area (Å²) in [4.78, 5) is 0. The van der Waals surface area contributed by atoms with Gasteiger partial charge in [-0.25, -0.2) is 0 Å². The summed E-state index contributed by atoms with van der Waals surface area (Å²) in [5.74, 6) is 1.79. The van der Waals surface area contributed by atoms with E-state index in [9.17, 15) is 0 Å². The number of para-hydroxylation sites is 1. The van der Waals surface area contributed by atoms with E-state index in [0.717, 1.165) is 17.1 Å². The van der Waals surface area contributed by atoms with Gasteiger partial charge in [-0.3, -0.25) is 0 Å². The highest BCUT2D eigenvalue weighted by Crippen LogP contribution is 2.27. The minimum Gasteiger partial charge on any atom is -0.457 e. The lowest BCUT2D eigenvalue weighted by Gasteiger charge is -2.09. The molecule has 3 rings (SSSR count). The number of fused-ring (bicyclic) bond motifs is 1. The van der Waals surface area contributed by atoms with Gasteiger partial charge in [-0.05, 0) is 41.5 Å². The molecule has 1 heteroatoms. The van der Waals surface area contributed by atoms with Crippen LogP contribution in [0.3, 0.4) is 0 Å². The molecule has 0 aliphatic carbocycles. The number of ether oxygens (including phenoxy) is 1. The second-order valence-electron chi connectivity index (χ2n) is 4.38. The van der Waals surface area contributed by atoms with Gasteiger partial charge in [0, 0.05) is 0 Å². The summed E-state index contributed by atoms with van der Waals surface area (Å²) in [7, 11) is 0. The zero-order valence-corrected chi connectivity index (χ0v) is 10.3. The van der Waals surface area contributed by atoms with Crippen molar-refractivity contribution in [1.82, 2.24) is 0 Å². The number of benzene rings is 3. The lowest BCUT2D eigenvalue weighted by molar-refractivity contribution is 0.479. The monoisotopic (exact) mass is 234 g/mol. The van der Waals surface area contributed by atoms with E-state index < -0.39 is 0 Å². The minimum absolute atomic E-state index is 0.878. The van der Waals surface area contributed by atoms with Gasteiger partial charge in [0.25, 0.3) is 0 Å². The Balaban J connectivity index is 1.98. The standard InChI is InChI=1S/C17H14O/c1-13-6-2-5-9-17(13)18-16-11-10-14-7-3-4-8-15(14)12-16/h2-12H,1H3. The third kappa shape index (κ3) is 2.07. The van der Waals surface area contributed by atoms with E-state index in [-0.39, 0.29) is 0 Å². The lowest BCUT2D eigenvalue weighted by Crippen LogP contribution is -1.86. The smallest absolute Gasteiger partial charge is 0.130 e. The lowest BCUT2D eigenvalue weighted by atomic mass is 10.1. The van der Waals surface area contributed by atoms with Crippen molar-refractivity contribution in [2.45, 2.75) is 6.92 Å². The van der Waals surface area contributed by atoms with Gasteiger partial charge >= 0.3 is 0 Å². The van der Waals surface area contributed by atoms with Gasteiger partial charge in [-0.15, -0.1) is 0 Å². The first kappa shape index (κ1) is 10.8. The van der Waals surface area contributed by atoms with E-state index in [2.05, 4.69) is 37.3 Å². The average Bonchev–Trinajstić information content (AvgIpc) is 2.41. The van der Waals surface area contributed by atoms with Gasteiger partial charge in [0.1, 0.15) is 11.5 Å². The van der Waals surface area contributed by atoms with Crippen LogP contribution in [0.15, 0.2) is 66.7 Å². The molecule has 0 radical (unpaired) electrons. The number of rotatable bonds is 2. The van der Waals surface area contributed by atoms with E-state index in [4.69, 9.17) is 4.74 Å². The maximum absolute atomic E-state index is 5.92. The van der Waals surface area contributed by atoms with E-state index in [0.29, 0.717) is 0 Å². The maximum Gasteiger partial charge on any atom is 0.130 e. The Hall–Kier alpha value is -2.28. The SMILES string of the molecule is Cc1ccccc1Oc1ccc2ccccc2c1. The molecule has 0 aliphatic heterocycles. The average molecular weight is 234 g/mol. The number of hydrogen-bond donors (Lipinski definition) is 0. The molecule has 0 saturated heterocycles. The molecular weight excluding hydrogens is 220 g/mol. The van der Waals surface area contributed by atoms with Crippen molar-refractivity contribution in [3.05, 3.63) is 72.3 Å². The van der Waals surface area contributed by atoms with Crippen molar-refractivity contribution in [2.24, 2.45) is 0 Å². The summed E-state index contributed by atoms with van der Waals surface area (Å²) >= 11 is 0. The second-order valence-corrected chi connectivity index (χ2v) is 4.38. The van der Waals surface area contributed by atoms with Crippen molar-refractivity contribution < 1.29 is 4.74 Å². The Morgan fingerprint density at radius 1 is 0.722 bits per heavy atom. The second kappa shape index (κ2) is 4.53. The molecule has 88 valence electrons. The molecule has 1 nitrogen and oxygen atoms in total. The fraction of sp³-hybridized carbons (Fsp3) is 0.0588. The van der Waals surface area contributed by atoms with Crippen LogP contribution in [0.5, 0.6) is 11.5 Å². The largest absolute Gasteiger partial charge is 0.457 e. The fourth-order valence-electron chi connectivity index (χ4n) is 2.03. The first-order chi connectivity index (χ1) is 8.83. The summed E-state index contributed by atoms with van der Waals surface area (Å²) in [5, 5.41) is 2.43. The molecule has 0 spiro atoms. The molecule has 0 bridgehead atoms. The molecule has 0 aliphatic rings. The Labute approximate surface area is 107 Å². The highest BCUT2D eigenvalue weighted by Gasteiger charge is 2.01. The molecule has 0 atom stereocenters. The Morgan fingerprint density at radius 2 is 1.44 bits per heavy atom. The van der Waals surface area contributed by atoms with Crippen LogP contribution in [-0.4, -0.2) is 0 Å². The zero-order chi connectivity index (χ0) is 12.4. The Kier molecular flexibility index (Phi) is 2.73. The molecule has 18 heavy (non-hydrogen) atoms. The number of hydrogen-bond acceptors (Lipinski definition) is 1. The highest BCUT2D eigenvalue weighted by atomic mass is 16.5. The molecular formula is C17H14O. The van der Waals surface area contributed by atoms with E-state index in [1.54, 1.807) is 0 Å².